The van der Waals surface area contributed by atoms with E-state index in [1.54, 1.807) is 42.5 Å². The van der Waals surface area contributed by atoms with Crippen LogP contribution in [0.3, 0.4) is 0 Å². The summed E-state index contributed by atoms with van der Waals surface area (Å²) in [7, 11) is -3.58. The number of hydrogen-bond donors (Lipinski definition) is 2. The van der Waals surface area contributed by atoms with Crippen LogP contribution in [0.1, 0.15) is 5.56 Å². The number of benzene rings is 2. The predicted molar refractivity (Wildman–Crippen MR) is 79.3 cm³/mol. The highest BCUT2D eigenvalue weighted by atomic mass is 79.9. The quantitative estimate of drug-likeness (QED) is 0.898. The van der Waals surface area contributed by atoms with Crippen molar-refractivity contribution in [3.05, 3.63) is 58.6 Å². The van der Waals surface area contributed by atoms with Crippen LogP contribution < -0.4 is 10.5 Å². The number of nitrogens with two attached hydrogens (primary N) is 1. The number of para-hydroxylation sites is 1. The Labute approximate surface area is 120 Å². The van der Waals surface area contributed by atoms with Gasteiger partial charge in [0.15, 0.2) is 0 Å². The van der Waals surface area contributed by atoms with Gasteiger partial charge in [0.25, 0.3) is 10.0 Å². The maximum absolute atomic E-state index is 12.2. The molecule has 3 N–H and O–H groups in total. The first-order chi connectivity index (χ1) is 9.03. The molecule has 100 valence electrons. The minimum atomic E-state index is -3.58. The van der Waals surface area contributed by atoms with Crippen LogP contribution in [-0.4, -0.2) is 8.42 Å². The first-order valence-electron chi connectivity index (χ1n) is 5.59. The summed E-state index contributed by atoms with van der Waals surface area (Å²) in [6, 6.07) is 13.5. The molecule has 0 aliphatic carbocycles. The lowest BCUT2D eigenvalue weighted by molar-refractivity contribution is 0.601. The van der Waals surface area contributed by atoms with Crippen LogP contribution in [0.25, 0.3) is 0 Å². The van der Waals surface area contributed by atoms with Gasteiger partial charge in [-0.05, 0) is 45.8 Å². The van der Waals surface area contributed by atoms with Crippen molar-refractivity contribution in [3.63, 3.8) is 0 Å². The standard InChI is InChI=1S/C13H13BrN2O2S/c14-12-3-1-2-4-13(12)16-19(17,18)11-7-5-10(9-15)6-8-11/h1-8,16H,9,15H2. The molecule has 0 spiro atoms. The van der Waals surface area contributed by atoms with E-state index in [-0.39, 0.29) is 4.90 Å². The SMILES string of the molecule is NCc1ccc(S(=O)(=O)Nc2ccccc2Br)cc1. The van der Waals surface area contributed by atoms with Gasteiger partial charge in [-0.25, -0.2) is 8.42 Å². The summed E-state index contributed by atoms with van der Waals surface area (Å²) < 4.78 is 27.6. The fraction of sp³-hybridized carbons (Fsp3) is 0.0769. The van der Waals surface area contributed by atoms with E-state index in [1.807, 2.05) is 6.07 Å². The molecule has 0 aliphatic rings. The maximum atomic E-state index is 12.2. The highest BCUT2D eigenvalue weighted by Crippen LogP contribution is 2.24. The van der Waals surface area contributed by atoms with Gasteiger partial charge < -0.3 is 5.73 Å². The molecule has 0 amide bonds. The molecular weight excluding hydrogens is 328 g/mol. The molecule has 4 nitrogen and oxygen atoms in total. The van der Waals surface area contributed by atoms with Gasteiger partial charge in [-0.2, -0.15) is 0 Å². The zero-order chi connectivity index (χ0) is 13.9. The number of hydrogen-bond acceptors (Lipinski definition) is 3. The van der Waals surface area contributed by atoms with Crippen molar-refractivity contribution < 1.29 is 8.42 Å². The largest absolute Gasteiger partial charge is 0.326 e. The molecular formula is C13H13BrN2O2S. The minimum absolute atomic E-state index is 0.209. The molecule has 0 radical (unpaired) electrons. The molecule has 6 heteroatoms. The Kier molecular flexibility index (Phi) is 4.24. The van der Waals surface area contributed by atoms with E-state index in [4.69, 9.17) is 5.73 Å². The highest BCUT2D eigenvalue weighted by Gasteiger charge is 2.14. The van der Waals surface area contributed by atoms with Gasteiger partial charge in [0.1, 0.15) is 0 Å². The number of sulfonamides is 1. The second-order valence-electron chi connectivity index (χ2n) is 3.93. The summed E-state index contributed by atoms with van der Waals surface area (Å²) in [4.78, 5) is 0.209. The topological polar surface area (TPSA) is 72.2 Å². The summed E-state index contributed by atoms with van der Waals surface area (Å²) in [5.41, 5.74) is 6.87. The Morgan fingerprint density at radius 2 is 1.68 bits per heavy atom. The predicted octanol–water partition coefficient (Wildman–Crippen LogP) is 2.71. The average Bonchev–Trinajstić information content (AvgIpc) is 2.41. The first kappa shape index (κ1) is 14.0. The van der Waals surface area contributed by atoms with Crippen molar-refractivity contribution in [1.29, 1.82) is 0 Å². The molecule has 0 aliphatic heterocycles. The van der Waals surface area contributed by atoms with Crippen LogP contribution in [0.2, 0.25) is 0 Å². The zero-order valence-electron chi connectivity index (χ0n) is 10.0. The van der Waals surface area contributed by atoms with Crippen LogP contribution in [0.4, 0.5) is 5.69 Å². The normalized spacial score (nSPS) is 11.3. The monoisotopic (exact) mass is 340 g/mol. The fourth-order valence-corrected chi connectivity index (χ4v) is 3.15. The third-order valence-electron chi connectivity index (χ3n) is 2.59. The molecule has 0 saturated heterocycles. The second kappa shape index (κ2) is 5.73. The lowest BCUT2D eigenvalue weighted by atomic mass is 10.2. The van der Waals surface area contributed by atoms with Crippen LogP contribution in [0.5, 0.6) is 0 Å². The highest BCUT2D eigenvalue weighted by molar-refractivity contribution is 9.10. The van der Waals surface area contributed by atoms with Gasteiger partial charge in [0.05, 0.1) is 10.6 Å². The van der Waals surface area contributed by atoms with Crippen LogP contribution >= 0.6 is 15.9 Å². The first-order valence-corrected chi connectivity index (χ1v) is 7.87. The molecule has 2 aromatic carbocycles. The van der Waals surface area contributed by atoms with Gasteiger partial charge in [-0.15, -0.1) is 0 Å². The van der Waals surface area contributed by atoms with Gasteiger partial charge in [0.2, 0.25) is 0 Å². The van der Waals surface area contributed by atoms with Crippen LogP contribution in [0.15, 0.2) is 57.9 Å². The Morgan fingerprint density at radius 1 is 1.05 bits per heavy atom. The summed E-state index contributed by atoms with van der Waals surface area (Å²) >= 11 is 3.30. The lowest BCUT2D eigenvalue weighted by Gasteiger charge is -2.09. The molecule has 0 saturated carbocycles. The molecule has 0 unspecified atom stereocenters. The van der Waals surface area contributed by atoms with Crippen molar-refractivity contribution in [2.45, 2.75) is 11.4 Å². The van der Waals surface area contributed by atoms with E-state index in [9.17, 15) is 8.42 Å². The summed E-state index contributed by atoms with van der Waals surface area (Å²) in [6.45, 7) is 0.387. The van der Waals surface area contributed by atoms with Crippen molar-refractivity contribution in [1.82, 2.24) is 0 Å². The van der Waals surface area contributed by atoms with Gasteiger partial charge >= 0.3 is 0 Å². The number of halogens is 1. The summed E-state index contributed by atoms with van der Waals surface area (Å²) in [6.07, 6.45) is 0. The second-order valence-corrected chi connectivity index (χ2v) is 6.47. The van der Waals surface area contributed by atoms with Crippen LogP contribution in [-0.2, 0) is 16.6 Å². The van der Waals surface area contributed by atoms with Crippen molar-refractivity contribution in [2.75, 3.05) is 4.72 Å². The van der Waals surface area contributed by atoms with E-state index in [0.717, 1.165) is 5.56 Å². The smallest absolute Gasteiger partial charge is 0.261 e. The summed E-state index contributed by atoms with van der Waals surface area (Å²) in [5, 5.41) is 0. The minimum Gasteiger partial charge on any atom is -0.326 e. The van der Waals surface area contributed by atoms with E-state index < -0.39 is 10.0 Å². The maximum Gasteiger partial charge on any atom is 0.261 e. The molecule has 0 bridgehead atoms. The zero-order valence-corrected chi connectivity index (χ0v) is 12.4. The Balaban J connectivity index is 2.30. The molecule has 2 rings (SSSR count). The van der Waals surface area contributed by atoms with Crippen molar-refractivity contribution in [3.8, 4) is 0 Å². The van der Waals surface area contributed by atoms with E-state index in [0.29, 0.717) is 16.7 Å². The Morgan fingerprint density at radius 3 is 2.26 bits per heavy atom. The molecule has 2 aromatic rings. The van der Waals surface area contributed by atoms with E-state index in [2.05, 4.69) is 20.7 Å². The third kappa shape index (κ3) is 3.34. The molecule has 0 fully saturated rings. The van der Waals surface area contributed by atoms with Gasteiger partial charge in [-0.3, -0.25) is 4.72 Å². The van der Waals surface area contributed by atoms with Gasteiger partial charge in [0, 0.05) is 11.0 Å². The van der Waals surface area contributed by atoms with Crippen LogP contribution in [0, 0.1) is 0 Å². The molecule has 0 heterocycles. The van der Waals surface area contributed by atoms with E-state index >= 15 is 0 Å². The van der Waals surface area contributed by atoms with Crippen molar-refractivity contribution >= 4 is 31.6 Å². The molecule has 19 heavy (non-hydrogen) atoms. The lowest BCUT2D eigenvalue weighted by Crippen LogP contribution is -2.13. The Bertz CT molecular complexity index is 669. The molecule has 0 atom stereocenters. The third-order valence-corrected chi connectivity index (χ3v) is 4.66. The van der Waals surface area contributed by atoms with Crippen molar-refractivity contribution in [2.24, 2.45) is 5.73 Å². The number of rotatable bonds is 4. The molecule has 0 aromatic heterocycles. The Hall–Kier alpha value is -1.37. The average molecular weight is 341 g/mol. The summed E-state index contributed by atoms with van der Waals surface area (Å²) in [5.74, 6) is 0. The van der Waals surface area contributed by atoms with Gasteiger partial charge in [-0.1, -0.05) is 24.3 Å². The fourth-order valence-electron chi connectivity index (χ4n) is 1.55. The number of nitrogens with one attached hydrogen (secondary N) is 1. The number of anilines is 1. The van der Waals surface area contributed by atoms with E-state index in [1.165, 1.54) is 0 Å².